The van der Waals surface area contributed by atoms with Gasteiger partial charge in [0.25, 0.3) is 0 Å². The minimum Gasteiger partial charge on any atom is -0.256 e. The molecule has 2 aromatic carbocycles. The average Bonchev–Trinajstić information content (AvgIpc) is 2.95. The molecule has 106 valence electrons. The van der Waals surface area contributed by atoms with Gasteiger partial charge >= 0.3 is 0 Å². The molecule has 0 radical (unpaired) electrons. The minimum absolute atomic E-state index is 0.644. The molecule has 0 spiro atoms. The van der Waals surface area contributed by atoms with Gasteiger partial charge < -0.3 is 0 Å². The van der Waals surface area contributed by atoms with Crippen molar-refractivity contribution in [1.29, 1.82) is 0 Å². The Labute approximate surface area is 134 Å². The molecule has 0 bridgehead atoms. The molecule has 0 saturated heterocycles. The van der Waals surface area contributed by atoms with Gasteiger partial charge in [-0.2, -0.15) is 0 Å². The zero-order valence-electron chi connectivity index (χ0n) is 12.0. The third-order valence-electron chi connectivity index (χ3n) is 4.94. The molecule has 1 aromatic heterocycles. The standard InChI is InChI=1S/C20H14ClN/c21-13-8-6-12(7-9-13)17-11-18-14-3-1-4-15(14)19(18)16-5-2-10-22-20(16)17/h2,4-11,14H,1,3H2. The van der Waals surface area contributed by atoms with Crippen molar-refractivity contribution in [3.05, 3.63) is 70.9 Å². The highest BCUT2D eigenvalue weighted by Gasteiger charge is 2.36. The van der Waals surface area contributed by atoms with Gasteiger partial charge in [0.1, 0.15) is 0 Å². The molecule has 0 N–H and O–H groups in total. The van der Waals surface area contributed by atoms with Crippen molar-refractivity contribution in [2.75, 3.05) is 0 Å². The first-order valence-electron chi connectivity index (χ1n) is 7.71. The van der Waals surface area contributed by atoms with Crippen LogP contribution in [0.4, 0.5) is 0 Å². The van der Waals surface area contributed by atoms with Gasteiger partial charge in [-0.3, -0.25) is 4.98 Å². The number of allylic oxidation sites excluding steroid dienone is 2. The second-order valence-corrected chi connectivity index (χ2v) is 6.52. The van der Waals surface area contributed by atoms with Crippen molar-refractivity contribution in [3.63, 3.8) is 0 Å². The number of aromatic nitrogens is 1. The summed E-state index contributed by atoms with van der Waals surface area (Å²) in [6.45, 7) is 0. The zero-order chi connectivity index (χ0) is 14.7. The summed E-state index contributed by atoms with van der Waals surface area (Å²) in [4.78, 5) is 4.67. The van der Waals surface area contributed by atoms with Crippen LogP contribution in [0.1, 0.15) is 29.9 Å². The van der Waals surface area contributed by atoms with E-state index in [1.165, 1.54) is 46.1 Å². The summed E-state index contributed by atoms with van der Waals surface area (Å²) in [5.41, 5.74) is 7.96. The van der Waals surface area contributed by atoms with E-state index in [1.807, 2.05) is 24.4 Å². The second-order valence-electron chi connectivity index (χ2n) is 6.08. The molecule has 1 nitrogen and oxygen atoms in total. The molecule has 1 heterocycles. The monoisotopic (exact) mass is 303 g/mol. The molecule has 0 saturated carbocycles. The highest BCUT2D eigenvalue weighted by atomic mass is 35.5. The van der Waals surface area contributed by atoms with Crippen LogP contribution in [0, 0.1) is 0 Å². The summed E-state index contributed by atoms with van der Waals surface area (Å²) < 4.78 is 0. The molecule has 2 aliphatic carbocycles. The Morgan fingerprint density at radius 3 is 2.82 bits per heavy atom. The van der Waals surface area contributed by atoms with Crippen LogP contribution in [0.25, 0.3) is 27.6 Å². The Morgan fingerprint density at radius 1 is 1.09 bits per heavy atom. The topological polar surface area (TPSA) is 12.9 Å². The van der Waals surface area contributed by atoms with Gasteiger partial charge in [0.15, 0.2) is 0 Å². The van der Waals surface area contributed by atoms with Gasteiger partial charge in [0.2, 0.25) is 0 Å². The fourth-order valence-electron chi connectivity index (χ4n) is 3.94. The Kier molecular flexibility index (Phi) is 2.51. The van der Waals surface area contributed by atoms with Crippen LogP contribution < -0.4 is 0 Å². The number of nitrogens with zero attached hydrogens (tertiary/aromatic N) is 1. The summed E-state index contributed by atoms with van der Waals surface area (Å²) >= 11 is 6.03. The van der Waals surface area contributed by atoms with Crippen molar-refractivity contribution < 1.29 is 0 Å². The van der Waals surface area contributed by atoms with E-state index in [1.54, 1.807) is 0 Å². The van der Waals surface area contributed by atoms with Gasteiger partial charge in [-0.15, -0.1) is 0 Å². The Hall–Kier alpha value is -2.12. The van der Waals surface area contributed by atoms with Gasteiger partial charge in [0, 0.05) is 28.1 Å². The molecule has 3 aromatic rings. The Bertz CT molecular complexity index is 938. The third-order valence-corrected chi connectivity index (χ3v) is 5.19. The summed E-state index contributed by atoms with van der Waals surface area (Å²) in [7, 11) is 0. The number of hydrogen-bond acceptors (Lipinski definition) is 1. The maximum atomic E-state index is 6.03. The van der Waals surface area contributed by atoms with Crippen LogP contribution in [-0.2, 0) is 0 Å². The lowest BCUT2D eigenvalue weighted by atomic mass is 9.71. The first-order valence-corrected chi connectivity index (χ1v) is 8.09. The largest absolute Gasteiger partial charge is 0.256 e. The van der Waals surface area contributed by atoms with Gasteiger partial charge in [-0.1, -0.05) is 35.9 Å². The quantitative estimate of drug-likeness (QED) is 0.551. The normalized spacial score (nSPS) is 18.6. The fraction of sp³-hybridized carbons (Fsp3) is 0.150. The molecule has 2 aliphatic rings. The van der Waals surface area contributed by atoms with E-state index in [0.29, 0.717) is 5.92 Å². The second kappa shape index (κ2) is 4.44. The number of rotatable bonds is 1. The predicted octanol–water partition coefficient (Wildman–Crippen LogP) is 5.83. The number of halogens is 1. The van der Waals surface area contributed by atoms with E-state index in [0.717, 1.165) is 10.5 Å². The maximum absolute atomic E-state index is 6.03. The number of fused-ring (bicyclic) bond motifs is 6. The molecule has 5 rings (SSSR count). The first-order chi connectivity index (χ1) is 10.8. The molecule has 0 amide bonds. The SMILES string of the molecule is Clc1ccc(-c2cc3c(c4cccnc24)C2=CCCC23)cc1. The lowest BCUT2D eigenvalue weighted by Crippen LogP contribution is -2.13. The summed E-state index contributed by atoms with van der Waals surface area (Å²) in [5.74, 6) is 0.644. The van der Waals surface area contributed by atoms with Crippen molar-refractivity contribution >= 4 is 28.1 Å². The first kappa shape index (κ1) is 12.4. The van der Waals surface area contributed by atoms with Gasteiger partial charge in [-0.05, 0) is 59.4 Å². The molecule has 2 heteroatoms. The zero-order valence-corrected chi connectivity index (χ0v) is 12.8. The van der Waals surface area contributed by atoms with Crippen LogP contribution in [0.3, 0.4) is 0 Å². The number of benzene rings is 2. The van der Waals surface area contributed by atoms with Gasteiger partial charge in [-0.25, -0.2) is 0 Å². The Morgan fingerprint density at radius 2 is 1.95 bits per heavy atom. The van der Waals surface area contributed by atoms with Crippen molar-refractivity contribution in [2.45, 2.75) is 18.8 Å². The lowest BCUT2D eigenvalue weighted by molar-refractivity contribution is 0.781. The number of pyridine rings is 1. The van der Waals surface area contributed by atoms with Crippen LogP contribution in [-0.4, -0.2) is 4.98 Å². The van der Waals surface area contributed by atoms with Crippen molar-refractivity contribution in [2.24, 2.45) is 0 Å². The van der Waals surface area contributed by atoms with Crippen LogP contribution >= 0.6 is 11.6 Å². The van der Waals surface area contributed by atoms with Crippen molar-refractivity contribution in [1.82, 2.24) is 4.98 Å². The van der Waals surface area contributed by atoms with E-state index in [9.17, 15) is 0 Å². The molecule has 22 heavy (non-hydrogen) atoms. The van der Waals surface area contributed by atoms with E-state index >= 15 is 0 Å². The summed E-state index contributed by atoms with van der Waals surface area (Å²) in [5, 5.41) is 2.06. The van der Waals surface area contributed by atoms with E-state index in [4.69, 9.17) is 11.6 Å². The smallest absolute Gasteiger partial charge is 0.0786 e. The summed E-state index contributed by atoms with van der Waals surface area (Å²) in [6.07, 6.45) is 6.75. The Balaban J connectivity index is 1.84. The van der Waals surface area contributed by atoms with Crippen LogP contribution in [0.15, 0.2) is 54.7 Å². The highest BCUT2D eigenvalue weighted by molar-refractivity contribution is 6.30. The van der Waals surface area contributed by atoms with Gasteiger partial charge in [0.05, 0.1) is 5.52 Å². The highest BCUT2D eigenvalue weighted by Crippen LogP contribution is 2.56. The number of hydrogen-bond donors (Lipinski definition) is 0. The molecule has 0 aliphatic heterocycles. The van der Waals surface area contributed by atoms with Crippen LogP contribution in [0.5, 0.6) is 0 Å². The molecule has 1 atom stereocenters. The molecular weight excluding hydrogens is 290 g/mol. The molecular formula is C20H14ClN. The predicted molar refractivity (Wildman–Crippen MR) is 92.1 cm³/mol. The molecule has 1 unspecified atom stereocenters. The summed E-state index contributed by atoms with van der Waals surface area (Å²) in [6, 6.07) is 14.7. The third kappa shape index (κ3) is 1.57. The van der Waals surface area contributed by atoms with Crippen LogP contribution in [0.2, 0.25) is 5.02 Å². The van der Waals surface area contributed by atoms with E-state index < -0.39 is 0 Å². The maximum Gasteiger partial charge on any atom is 0.0786 e. The lowest BCUT2D eigenvalue weighted by Gasteiger charge is -2.32. The minimum atomic E-state index is 0.644. The fourth-order valence-corrected chi connectivity index (χ4v) is 4.07. The van der Waals surface area contributed by atoms with E-state index in [-0.39, 0.29) is 0 Å². The average molecular weight is 304 g/mol. The van der Waals surface area contributed by atoms with E-state index in [2.05, 4.69) is 35.3 Å². The van der Waals surface area contributed by atoms with Crippen molar-refractivity contribution in [3.8, 4) is 11.1 Å². The molecule has 0 fully saturated rings.